The van der Waals surface area contributed by atoms with Crippen molar-refractivity contribution < 1.29 is 22.7 Å². The quantitative estimate of drug-likeness (QED) is 0.581. The van der Waals surface area contributed by atoms with Crippen LogP contribution in [0, 0.1) is 6.57 Å². The van der Waals surface area contributed by atoms with Crippen molar-refractivity contribution in [1.29, 1.82) is 0 Å². The normalized spacial score (nSPS) is 12.2. The van der Waals surface area contributed by atoms with Gasteiger partial charge in [-0.25, -0.2) is 9.83 Å². The standard InChI is InChI=1S/C15H13ClF3N3O2/c1-14(2,3)24-10(23)7-22-9-6-5-8(20-4)11(16)12(9)21-13(22)15(17,18)19/h5-6H,7H2,1-3H3. The van der Waals surface area contributed by atoms with Crippen LogP contribution in [0.15, 0.2) is 12.1 Å². The van der Waals surface area contributed by atoms with Crippen LogP contribution in [0.5, 0.6) is 0 Å². The van der Waals surface area contributed by atoms with E-state index in [4.69, 9.17) is 22.9 Å². The minimum absolute atomic E-state index is 0.00517. The summed E-state index contributed by atoms with van der Waals surface area (Å²) in [7, 11) is 0. The fraction of sp³-hybridized carbons (Fsp3) is 0.400. The second-order valence-corrected chi connectivity index (χ2v) is 6.36. The highest BCUT2D eigenvalue weighted by atomic mass is 35.5. The van der Waals surface area contributed by atoms with E-state index in [0.29, 0.717) is 4.57 Å². The van der Waals surface area contributed by atoms with Gasteiger partial charge in [-0.05, 0) is 26.8 Å². The average molecular weight is 360 g/mol. The first-order chi connectivity index (χ1) is 10.9. The molecule has 9 heteroatoms. The summed E-state index contributed by atoms with van der Waals surface area (Å²) in [4.78, 5) is 18.6. The summed E-state index contributed by atoms with van der Waals surface area (Å²) in [5.41, 5.74) is -1.02. The molecule has 0 saturated carbocycles. The lowest BCUT2D eigenvalue weighted by atomic mass is 10.2. The summed E-state index contributed by atoms with van der Waals surface area (Å²) in [5, 5.41) is -0.184. The van der Waals surface area contributed by atoms with E-state index in [-0.39, 0.29) is 21.7 Å². The number of imidazole rings is 1. The van der Waals surface area contributed by atoms with E-state index in [9.17, 15) is 18.0 Å². The third-order valence-corrected chi connectivity index (χ3v) is 3.29. The van der Waals surface area contributed by atoms with Crippen LogP contribution in [-0.2, 0) is 22.3 Å². The summed E-state index contributed by atoms with van der Waals surface area (Å²) in [6, 6.07) is 2.56. The first-order valence-corrected chi connectivity index (χ1v) is 7.17. The van der Waals surface area contributed by atoms with Crippen molar-refractivity contribution in [2.45, 2.75) is 39.1 Å². The van der Waals surface area contributed by atoms with Crippen molar-refractivity contribution in [2.75, 3.05) is 0 Å². The van der Waals surface area contributed by atoms with Crippen LogP contribution >= 0.6 is 11.6 Å². The molecule has 5 nitrogen and oxygen atoms in total. The molecule has 2 aromatic rings. The summed E-state index contributed by atoms with van der Waals surface area (Å²) in [6.45, 7) is 11.1. The van der Waals surface area contributed by atoms with Gasteiger partial charge in [-0.3, -0.25) is 4.79 Å². The number of aromatic nitrogens is 2. The number of nitrogens with zero attached hydrogens (tertiary/aromatic N) is 3. The Morgan fingerprint density at radius 3 is 2.50 bits per heavy atom. The van der Waals surface area contributed by atoms with Gasteiger partial charge in [0.05, 0.1) is 22.6 Å². The van der Waals surface area contributed by atoms with Gasteiger partial charge in [0.15, 0.2) is 0 Å². The molecule has 0 aliphatic carbocycles. The molecule has 1 aromatic heterocycles. The number of hydrogen-bond donors (Lipinski definition) is 0. The molecule has 1 heterocycles. The number of alkyl halides is 3. The van der Waals surface area contributed by atoms with Crippen LogP contribution in [0.25, 0.3) is 15.9 Å². The van der Waals surface area contributed by atoms with Crippen molar-refractivity contribution in [3.05, 3.63) is 34.4 Å². The van der Waals surface area contributed by atoms with Gasteiger partial charge in [-0.1, -0.05) is 17.7 Å². The molecule has 0 aliphatic heterocycles. The highest BCUT2D eigenvalue weighted by molar-refractivity contribution is 6.37. The Hall–Kier alpha value is -2.27. The number of esters is 1. The van der Waals surface area contributed by atoms with Crippen LogP contribution in [0.2, 0.25) is 5.02 Å². The van der Waals surface area contributed by atoms with Gasteiger partial charge in [0.25, 0.3) is 0 Å². The topological polar surface area (TPSA) is 48.5 Å². The van der Waals surface area contributed by atoms with Gasteiger partial charge in [0.1, 0.15) is 12.1 Å². The molecule has 24 heavy (non-hydrogen) atoms. The molecule has 0 aliphatic rings. The molecule has 0 saturated heterocycles. The van der Waals surface area contributed by atoms with Crippen LogP contribution in [0.4, 0.5) is 18.9 Å². The Labute approximate surface area is 140 Å². The van der Waals surface area contributed by atoms with E-state index in [1.807, 2.05) is 0 Å². The van der Waals surface area contributed by atoms with Gasteiger partial charge in [-0.15, -0.1) is 0 Å². The fourth-order valence-electron chi connectivity index (χ4n) is 2.11. The Kier molecular flexibility index (Phi) is 4.50. The largest absolute Gasteiger partial charge is 0.459 e. The lowest BCUT2D eigenvalue weighted by Crippen LogP contribution is -2.28. The molecule has 0 unspecified atom stereocenters. The van der Waals surface area contributed by atoms with Gasteiger partial charge in [0.2, 0.25) is 11.5 Å². The first kappa shape index (κ1) is 18.1. The summed E-state index contributed by atoms with van der Waals surface area (Å²) < 4.78 is 45.5. The molecule has 0 fully saturated rings. The Bertz CT molecular complexity index is 845. The number of fused-ring (bicyclic) bond motifs is 1. The number of carbonyl (C=O) groups is 1. The Morgan fingerprint density at radius 2 is 2.00 bits per heavy atom. The lowest BCUT2D eigenvalue weighted by molar-refractivity contribution is -0.158. The number of benzene rings is 1. The summed E-state index contributed by atoms with van der Waals surface area (Å²) in [6.07, 6.45) is -4.79. The number of carbonyl (C=O) groups excluding carboxylic acids is 1. The molecule has 0 atom stereocenters. The van der Waals surface area contributed by atoms with Crippen molar-refractivity contribution in [2.24, 2.45) is 0 Å². The lowest BCUT2D eigenvalue weighted by Gasteiger charge is -2.20. The number of halogens is 4. The molecule has 2 rings (SSSR count). The third kappa shape index (κ3) is 3.62. The van der Waals surface area contributed by atoms with E-state index in [2.05, 4.69) is 9.83 Å². The zero-order chi connectivity index (χ0) is 18.3. The van der Waals surface area contributed by atoms with Gasteiger partial charge < -0.3 is 9.30 Å². The maximum atomic E-state index is 13.3. The van der Waals surface area contributed by atoms with Crippen molar-refractivity contribution in [3.63, 3.8) is 0 Å². The minimum Gasteiger partial charge on any atom is -0.459 e. The van der Waals surface area contributed by atoms with E-state index in [0.717, 1.165) is 0 Å². The molecular formula is C15H13ClF3N3O2. The zero-order valence-corrected chi connectivity index (χ0v) is 13.8. The second-order valence-electron chi connectivity index (χ2n) is 5.98. The molecule has 0 amide bonds. The van der Waals surface area contributed by atoms with E-state index in [1.165, 1.54) is 12.1 Å². The van der Waals surface area contributed by atoms with Gasteiger partial charge in [0, 0.05) is 0 Å². The summed E-state index contributed by atoms with van der Waals surface area (Å²) >= 11 is 5.95. The van der Waals surface area contributed by atoms with Crippen molar-refractivity contribution in [3.8, 4) is 0 Å². The predicted octanol–water partition coefficient (Wildman–Crippen LogP) is 4.60. The number of rotatable bonds is 2. The Morgan fingerprint density at radius 1 is 1.38 bits per heavy atom. The number of ether oxygens (including phenoxy) is 1. The van der Waals surface area contributed by atoms with Crippen molar-refractivity contribution >= 4 is 34.3 Å². The maximum absolute atomic E-state index is 13.3. The SMILES string of the molecule is [C-]#[N+]c1ccc2c(nc(C(F)(F)F)n2CC(=O)OC(C)(C)C)c1Cl. The average Bonchev–Trinajstić information content (AvgIpc) is 2.76. The van der Waals surface area contributed by atoms with Crippen LogP contribution in [0.1, 0.15) is 26.6 Å². The van der Waals surface area contributed by atoms with Crippen LogP contribution in [0.3, 0.4) is 0 Å². The minimum atomic E-state index is -4.79. The molecular weight excluding hydrogens is 347 g/mol. The fourth-order valence-corrected chi connectivity index (χ4v) is 2.36. The van der Waals surface area contributed by atoms with E-state index < -0.39 is 30.1 Å². The third-order valence-electron chi connectivity index (χ3n) is 2.92. The molecule has 128 valence electrons. The molecule has 1 aromatic carbocycles. The molecule has 0 radical (unpaired) electrons. The Balaban J connectivity index is 2.60. The smallest absolute Gasteiger partial charge is 0.449 e. The monoisotopic (exact) mass is 359 g/mol. The number of hydrogen-bond acceptors (Lipinski definition) is 3. The first-order valence-electron chi connectivity index (χ1n) is 6.79. The zero-order valence-electron chi connectivity index (χ0n) is 13.0. The molecule has 0 N–H and O–H groups in total. The molecule has 0 spiro atoms. The highest BCUT2D eigenvalue weighted by Crippen LogP contribution is 2.37. The van der Waals surface area contributed by atoms with Crippen LogP contribution < -0.4 is 0 Å². The second kappa shape index (κ2) is 5.98. The van der Waals surface area contributed by atoms with Gasteiger partial charge >= 0.3 is 12.1 Å². The summed E-state index contributed by atoms with van der Waals surface area (Å²) in [5.74, 6) is -2.11. The van der Waals surface area contributed by atoms with Crippen molar-refractivity contribution in [1.82, 2.24) is 9.55 Å². The van der Waals surface area contributed by atoms with E-state index >= 15 is 0 Å². The van der Waals surface area contributed by atoms with Gasteiger partial charge in [-0.2, -0.15) is 13.2 Å². The van der Waals surface area contributed by atoms with E-state index in [1.54, 1.807) is 20.8 Å². The highest BCUT2D eigenvalue weighted by Gasteiger charge is 2.38. The molecule has 0 bridgehead atoms. The van der Waals surface area contributed by atoms with Crippen LogP contribution in [-0.4, -0.2) is 21.1 Å². The maximum Gasteiger partial charge on any atom is 0.449 e. The predicted molar refractivity (Wildman–Crippen MR) is 81.9 cm³/mol.